The van der Waals surface area contributed by atoms with E-state index in [0.717, 1.165) is 13.0 Å². The Hall–Kier alpha value is -0.140. The lowest BCUT2D eigenvalue weighted by Gasteiger charge is -2.26. The predicted molar refractivity (Wildman–Crippen MR) is 80.0 cm³/mol. The van der Waals surface area contributed by atoms with E-state index in [2.05, 4.69) is 21.2 Å². The van der Waals surface area contributed by atoms with E-state index in [1.54, 1.807) is 22.5 Å². The number of benzene rings is 1. The van der Waals surface area contributed by atoms with Crippen LogP contribution < -0.4 is 5.32 Å². The molecule has 0 radical (unpaired) electrons. The Morgan fingerprint density at radius 2 is 2.26 bits per heavy atom. The van der Waals surface area contributed by atoms with Gasteiger partial charge in [0, 0.05) is 23.6 Å². The summed E-state index contributed by atoms with van der Waals surface area (Å²) in [6.07, 6.45) is 0.849. The van der Waals surface area contributed by atoms with Crippen molar-refractivity contribution in [1.82, 2.24) is 9.62 Å². The molecule has 0 aromatic heterocycles. The zero-order valence-electron chi connectivity index (χ0n) is 10.6. The monoisotopic (exact) mass is 366 g/mol. The summed E-state index contributed by atoms with van der Waals surface area (Å²) in [5, 5.41) is 3.70. The number of halogens is 2. The van der Waals surface area contributed by atoms with Crippen molar-refractivity contribution in [3.63, 3.8) is 0 Å². The highest BCUT2D eigenvalue weighted by atomic mass is 79.9. The van der Waals surface area contributed by atoms with Gasteiger partial charge in [-0.3, -0.25) is 0 Å². The van der Waals surface area contributed by atoms with Crippen LogP contribution in [0, 0.1) is 0 Å². The van der Waals surface area contributed by atoms with E-state index < -0.39 is 10.0 Å². The summed E-state index contributed by atoms with van der Waals surface area (Å²) in [5.74, 6) is 0. The number of rotatable bonds is 4. The Morgan fingerprint density at radius 1 is 1.53 bits per heavy atom. The van der Waals surface area contributed by atoms with Gasteiger partial charge in [-0.1, -0.05) is 18.5 Å². The highest BCUT2D eigenvalue weighted by Gasteiger charge is 2.32. The van der Waals surface area contributed by atoms with Crippen LogP contribution in [-0.4, -0.2) is 38.4 Å². The number of likely N-dealkylation sites (N-methyl/N-ethyl adjacent to an activating group) is 1. The van der Waals surface area contributed by atoms with Gasteiger partial charge >= 0.3 is 0 Å². The zero-order chi connectivity index (χ0) is 14.0. The van der Waals surface area contributed by atoms with Crippen LogP contribution in [0.1, 0.15) is 13.3 Å². The minimum atomic E-state index is -3.47. The highest BCUT2D eigenvalue weighted by Crippen LogP contribution is 2.28. The molecule has 0 amide bonds. The molecule has 4 nitrogen and oxygen atoms in total. The van der Waals surface area contributed by atoms with E-state index in [-0.39, 0.29) is 10.9 Å². The van der Waals surface area contributed by atoms with Crippen LogP contribution in [0.3, 0.4) is 0 Å². The van der Waals surface area contributed by atoms with Crippen LogP contribution in [0.4, 0.5) is 0 Å². The molecule has 0 spiro atoms. The highest BCUT2D eigenvalue weighted by molar-refractivity contribution is 9.10. The second-order valence-corrected chi connectivity index (χ2v) is 7.58. The topological polar surface area (TPSA) is 49.4 Å². The normalized spacial score (nSPS) is 20.1. The lowest BCUT2D eigenvalue weighted by Crippen LogP contribution is -2.41. The fraction of sp³-hybridized carbons (Fsp3) is 0.500. The second kappa shape index (κ2) is 6.10. The maximum atomic E-state index is 12.6. The molecule has 1 heterocycles. The SMILES string of the molecule is CCN(C1CCNC1)S(=O)(=O)c1ccc(Cl)c(Br)c1. The Kier molecular flexibility index (Phi) is 4.89. The van der Waals surface area contributed by atoms with Crippen molar-refractivity contribution in [1.29, 1.82) is 0 Å². The van der Waals surface area contributed by atoms with Gasteiger partial charge in [0.15, 0.2) is 0 Å². The van der Waals surface area contributed by atoms with Gasteiger partial charge in [-0.2, -0.15) is 4.31 Å². The van der Waals surface area contributed by atoms with Crippen molar-refractivity contribution >= 4 is 37.6 Å². The van der Waals surface area contributed by atoms with Gasteiger partial charge in [-0.05, 0) is 47.1 Å². The first-order chi connectivity index (χ1) is 8.96. The number of hydrogen-bond acceptors (Lipinski definition) is 3. The van der Waals surface area contributed by atoms with Crippen LogP contribution in [0.15, 0.2) is 27.6 Å². The van der Waals surface area contributed by atoms with Crippen molar-refractivity contribution in [3.8, 4) is 0 Å². The smallest absolute Gasteiger partial charge is 0.243 e. The maximum Gasteiger partial charge on any atom is 0.243 e. The average molecular weight is 368 g/mol. The average Bonchev–Trinajstić information content (AvgIpc) is 2.86. The molecule has 2 rings (SSSR count). The standard InChI is InChI=1S/C12H16BrClN2O2S/c1-2-16(9-5-6-15-8-9)19(17,18)10-3-4-12(14)11(13)7-10/h3-4,7,9,15H,2,5-6,8H2,1H3. The van der Waals surface area contributed by atoms with Gasteiger partial charge in [-0.25, -0.2) is 8.42 Å². The molecule has 106 valence electrons. The molecule has 1 unspecified atom stereocenters. The Labute approximate surface area is 127 Å². The van der Waals surface area contributed by atoms with Crippen molar-refractivity contribution in [2.75, 3.05) is 19.6 Å². The molecule has 19 heavy (non-hydrogen) atoms. The second-order valence-electron chi connectivity index (χ2n) is 4.43. The number of nitrogens with one attached hydrogen (secondary N) is 1. The molecular weight excluding hydrogens is 352 g/mol. The third-order valence-electron chi connectivity index (χ3n) is 3.25. The molecule has 1 fully saturated rings. The van der Waals surface area contributed by atoms with E-state index in [1.165, 1.54) is 0 Å². The summed E-state index contributed by atoms with van der Waals surface area (Å²) in [6.45, 7) is 3.90. The fourth-order valence-corrected chi connectivity index (χ4v) is 4.62. The summed E-state index contributed by atoms with van der Waals surface area (Å²) in [7, 11) is -3.47. The van der Waals surface area contributed by atoms with Crippen molar-refractivity contribution in [2.24, 2.45) is 0 Å². The lowest BCUT2D eigenvalue weighted by atomic mass is 10.3. The van der Waals surface area contributed by atoms with Crippen LogP contribution in [0.25, 0.3) is 0 Å². The Bertz CT molecular complexity index is 559. The molecule has 1 aromatic carbocycles. The molecule has 0 bridgehead atoms. The van der Waals surface area contributed by atoms with E-state index in [4.69, 9.17) is 11.6 Å². The van der Waals surface area contributed by atoms with Gasteiger partial charge in [0.2, 0.25) is 10.0 Å². The Balaban J connectivity index is 2.36. The molecule has 1 atom stereocenters. The quantitative estimate of drug-likeness (QED) is 0.889. The molecule has 1 aliphatic heterocycles. The summed E-state index contributed by atoms with van der Waals surface area (Å²) in [5.41, 5.74) is 0. The number of sulfonamides is 1. The molecule has 7 heteroatoms. The van der Waals surface area contributed by atoms with Gasteiger partial charge < -0.3 is 5.32 Å². The Morgan fingerprint density at radius 3 is 2.79 bits per heavy atom. The van der Waals surface area contributed by atoms with Gasteiger partial charge in [0.05, 0.1) is 9.92 Å². The van der Waals surface area contributed by atoms with E-state index >= 15 is 0 Å². The van der Waals surface area contributed by atoms with Gasteiger partial charge in [-0.15, -0.1) is 0 Å². The summed E-state index contributed by atoms with van der Waals surface area (Å²) >= 11 is 9.17. The van der Waals surface area contributed by atoms with Crippen LogP contribution in [0.5, 0.6) is 0 Å². The van der Waals surface area contributed by atoms with Crippen LogP contribution in [0.2, 0.25) is 5.02 Å². The molecule has 1 saturated heterocycles. The first kappa shape index (κ1) is 15.3. The molecule has 1 aliphatic rings. The van der Waals surface area contributed by atoms with Gasteiger partial charge in [0.1, 0.15) is 0 Å². The molecule has 0 saturated carbocycles. The van der Waals surface area contributed by atoms with Crippen LogP contribution >= 0.6 is 27.5 Å². The minimum absolute atomic E-state index is 0.0319. The summed E-state index contributed by atoms with van der Waals surface area (Å²) < 4.78 is 27.4. The first-order valence-electron chi connectivity index (χ1n) is 6.14. The summed E-state index contributed by atoms with van der Waals surface area (Å²) in [6, 6.07) is 4.74. The fourth-order valence-electron chi connectivity index (χ4n) is 2.28. The van der Waals surface area contributed by atoms with Crippen LogP contribution in [-0.2, 0) is 10.0 Å². The van der Waals surface area contributed by atoms with Crippen molar-refractivity contribution < 1.29 is 8.42 Å². The number of nitrogens with zero attached hydrogens (tertiary/aromatic N) is 1. The van der Waals surface area contributed by atoms with Crippen molar-refractivity contribution in [2.45, 2.75) is 24.3 Å². The molecule has 0 aliphatic carbocycles. The third kappa shape index (κ3) is 3.13. The summed E-state index contributed by atoms with van der Waals surface area (Å²) in [4.78, 5) is 0.275. The van der Waals surface area contributed by atoms with E-state index in [1.807, 2.05) is 6.92 Å². The van der Waals surface area contributed by atoms with Crippen molar-refractivity contribution in [3.05, 3.63) is 27.7 Å². The molecular formula is C12H16BrClN2O2S. The number of hydrogen-bond donors (Lipinski definition) is 1. The molecule has 1 aromatic rings. The lowest BCUT2D eigenvalue weighted by molar-refractivity contribution is 0.349. The minimum Gasteiger partial charge on any atom is -0.315 e. The first-order valence-corrected chi connectivity index (χ1v) is 8.75. The van der Waals surface area contributed by atoms with E-state index in [0.29, 0.717) is 22.6 Å². The zero-order valence-corrected chi connectivity index (χ0v) is 13.7. The predicted octanol–water partition coefficient (Wildman–Crippen LogP) is 2.48. The van der Waals surface area contributed by atoms with Gasteiger partial charge in [0.25, 0.3) is 0 Å². The van der Waals surface area contributed by atoms with E-state index in [9.17, 15) is 8.42 Å². The maximum absolute atomic E-state index is 12.6. The largest absolute Gasteiger partial charge is 0.315 e. The molecule has 1 N–H and O–H groups in total. The third-order valence-corrected chi connectivity index (χ3v) is 6.49.